The van der Waals surface area contributed by atoms with Crippen LogP contribution in [-0.4, -0.2) is 15.8 Å². The van der Waals surface area contributed by atoms with Gasteiger partial charge in [0.1, 0.15) is 0 Å². The third-order valence-electron chi connectivity index (χ3n) is 3.87. The number of halogens is 2. The summed E-state index contributed by atoms with van der Waals surface area (Å²) in [7, 11) is 0. The Hall–Kier alpha value is -2.34. The minimum Gasteiger partial charge on any atom is -0.342 e. The molecule has 0 aliphatic carbocycles. The fourth-order valence-corrected chi connectivity index (χ4v) is 3.88. The Balaban J connectivity index is 1.48. The highest BCUT2D eigenvalue weighted by Crippen LogP contribution is 2.25. The van der Waals surface area contributed by atoms with E-state index in [1.54, 1.807) is 23.6 Å². The van der Waals surface area contributed by atoms with Gasteiger partial charge in [-0.05, 0) is 42.0 Å². The van der Waals surface area contributed by atoms with Gasteiger partial charge in [0.2, 0.25) is 5.13 Å². The van der Waals surface area contributed by atoms with Gasteiger partial charge in [0, 0.05) is 22.8 Å². The molecule has 0 spiro atoms. The highest BCUT2D eigenvalue weighted by molar-refractivity contribution is 7.22. The molecule has 0 radical (unpaired) electrons. The molecule has 0 saturated carbocycles. The van der Waals surface area contributed by atoms with Gasteiger partial charge >= 0.3 is 0 Å². The van der Waals surface area contributed by atoms with Crippen molar-refractivity contribution in [2.75, 3.05) is 5.43 Å². The first-order valence-electron chi connectivity index (χ1n) is 7.93. The third-order valence-corrected chi connectivity index (χ3v) is 5.40. The summed E-state index contributed by atoms with van der Waals surface area (Å²) in [6, 6.07) is 17.5. The van der Waals surface area contributed by atoms with Crippen LogP contribution in [0.15, 0.2) is 65.9 Å². The maximum atomic E-state index is 6.27. The summed E-state index contributed by atoms with van der Waals surface area (Å²) >= 11 is 13.8. The van der Waals surface area contributed by atoms with Crippen LogP contribution in [0, 0.1) is 0 Å². The Morgan fingerprint density at radius 1 is 1.12 bits per heavy atom. The number of hydrogen-bond acceptors (Lipinski definition) is 4. The van der Waals surface area contributed by atoms with Gasteiger partial charge in [-0.25, -0.2) is 4.98 Å². The van der Waals surface area contributed by atoms with Crippen molar-refractivity contribution in [1.29, 1.82) is 0 Å². The summed E-state index contributed by atoms with van der Waals surface area (Å²) in [6.07, 6.45) is 3.76. The lowest BCUT2D eigenvalue weighted by Crippen LogP contribution is -2.04. The second-order valence-corrected chi connectivity index (χ2v) is 7.53. The maximum absolute atomic E-state index is 6.27. The summed E-state index contributed by atoms with van der Waals surface area (Å²) in [4.78, 5) is 4.50. The average molecular weight is 401 g/mol. The van der Waals surface area contributed by atoms with E-state index >= 15 is 0 Å². The van der Waals surface area contributed by atoms with Crippen LogP contribution >= 0.6 is 34.5 Å². The van der Waals surface area contributed by atoms with Gasteiger partial charge in [-0.1, -0.05) is 52.7 Å². The van der Waals surface area contributed by atoms with Crippen LogP contribution in [0.1, 0.15) is 11.3 Å². The van der Waals surface area contributed by atoms with E-state index in [0.717, 1.165) is 26.6 Å². The van der Waals surface area contributed by atoms with E-state index in [1.165, 1.54) is 0 Å². The van der Waals surface area contributed by atoms with Crippen LogP contribution in [0.5, 0.6) is 0 Å². The molecule has 0 fully saturated rings. The monoisotopic (exact) mass is 400 g/mol. The average Bonchev–Trinajstić information content (AvgIpc) is 3.23. The van der Waals surface area contributed by atoms with Gasteiger partial charge in [0.15, 0.2) is 0 Å². The zero-order chi connectivity index (χ0) is 17.9. The molecule has 2 aromatic heterocycles. The molecule has 4 aromatic rings. The molecule has 0 amide bonds. The van der Waals surface area contributed by atoms with Crippen LogP contribution < -0.4 is 5.43 Å². The van der Waals surface area contributed by atoms with E-state index < -0.39 is 0 Å². The Bertz CT molecular complexity index is 1050. The van der Waals surface area contributed by atoms with Crippen molar-refractivity contribution in [3.05, 3.63) is 82.1 Å². The number of aromatic nitrogens is 2. The van der Waals surface area contributed by atoms with Gasteiger partial charge in [-0.15, -0.1) is 0 Å². The first-order valence-corrected chi connectivity index (χ1v) is 9.50. The van der Waals surface area contributed by atoms with Crippen molar-refractivity contribution in [2.45, 2.75) is 6.54 Å². The van der Waals surface area contributed by atoms with Crippen molar-refractivity contribution in [1.82, 2.24) is 9.55 Å². The van der Waals surface area contributed by atoms with Crippen LogP contribution in [0.4, 0.5) is 5.13 Å². The number of nitrogens with one attached hydrogen (secondary N) is 1. The van der Waals surface area contributed by atoms with E-state index in [9.17, 15) is 0 Å². The van der Waals surface area contributed by atoms with Gasteiger partial charge in [-0.2, -0.15) is 5.10 Å². The second kappa shape index (κ2) is 7.50. The molecular weight excluding hydrogens is 387 g/mol. The highest BCUT2D eigenvalue weighted by atomic mass is 35.5. The molecule has 0 aliphatic rings. The van der Waals surface area contributed by atoms with Crippen molar-refractivity contribution >= 4 is 56.1 Å². The molecule has 130 valence electrons. The lowest BCUT2D eigenvalue weighted by molar-refractivity contribution is 0.800. The normalized spacial score (nSPS) is 11.5. The first kappa shape index (κ1) is 17.1. The number of hydrogen-bond donors (Lipinski definition) is 1. The maximum Gasteiger partial charge on any atom is 0.204 e. The quantitative estimate of drug-likeness (QED) is 0.334. The number of anilines is 1. The molecular formula is C19H14Cl2N4S. The predicted octanol–water partition coefficient (Wildman–Crippen LogP) is 5.90. The fraction of sp³-hybridized carbons (Fsp3) is 0.0526. The van der Waals surface area contributed by atoms with Crippen LogP contribution in [0.25, 0.3) is 10.2 Å². The van der Waals surface area contributed by atoms with E-state index in [4.69, 9.17) is 23.2 Å². The summed E-state index contributed by atoms with van der Waals surface area (Å²) < 4.78 is 3.20. The Morgan fingerprint density at radius 2 is 2.00 bits per heavy atom. The zero-order valence-electron chi connectivity index (χ0n) is 13.6. The largest absolute Gasteiger partial charge is 0.342 e. The topological polar surface area (TPSA) is 42.2 Å². The summed E-state index contributed by atoms with van der Waals surface area (Å²) in [5.74, 6) is 0. The molecule has 7 heteroatoms. The van der Waals surface area contributed by atoms with Crippen LogP contribution in [0.3, 0.4) is 0 Å². The molecule has 2 aromatic carbocycles. The Morgan fingerprint density at radius 3 is 2.85 bits per heavy atom. The van der Waals surface area contributed by atoms with E-state index in [-0.39, 0.29) is 0 Å². The molecule has 0 aliphatic heterocycles. The first-order chi connectivity index (χ1) is 12.7. The van der Waals surface area contributed by atoms with Crippen molar-refractivity contribution < 1.29 is 0 Å². The van der Waals surface area contributed by atoms with E-state index in [0.29, 0.717) is 16.6 Å². The Kier molecular flexibility index (Phi) is 4.93. The summed E-state index contributed by atoms with van der Waals surface area (Å²) in [5.41, 5.74) is 5.93. The second-order valence-electron chi connectivity index (χ2n) is 5.65. The lowest BCUT2D eigenvalue weighted by Gasteiger charge is -2.08. The van der Waals surface area contributed by atoms with Crippen molar-refractivity contribution in [3.63, 3.8) is 0 Å². The predicted molar refractivity (Wildman–Crippen MR) is 111 cm³/mol. The number of benzene rings is 2. The number of thiazole rings is 1. The summed E-state index contributed by atoms with van der Waals surface area (Å²) in [6.45, 7) is 0.644. The molecule has 0 saturated heterocycles. The zero-order valence-corrected chi connectivity index (χ0v) is 15.9. The number of para-hydroxylation sites is 1. The molecule has 0 bridgehead atoms. The Labute approximate surface area is 164 Å². The summed E-state index contributed by atoms with van der Waals surface area (Å²) in [5, 5.41) is 6.37. The SMILES string of the molecule is Clc1ccc(Cn2cccc2/C=N/Nc2nc3ccccc3s2)c(Cl)c1. The standard InChI is InChI=1S/C19H14Cl2N4S/c20-14-8-7-13(16(21)10-14)12-25-9-3-4-15(25)11-22-24-19-23-17-5-1-2-6-18(17)26-19/h1-11H,12H2,(H,23,24)/b22-11+. The smallest absolute Gasteiger partial charge is 0.204 e. The van der Waals surface area contributed by atoms with Gasteiger partial charge < -0.3 is 4.57 Å². The highest BCUT2D eigenvalue weighted by Gasteiger charge is 2.05. The van der Waals surface area contributed by atoms with Crippen LogP contribution in [-0.2, 0) is 6.54 Å². The fourth-order valence-electron chi connectivity index (χ4n) is 2.60. The van der Waals surface area contributed by atoms with Crippen LogP contribution in [0.2, 0.25) is 10.0 Å². The van der Waals surface area contributed by atoms with E-state index in [1.807, 2.05) is 54.7 Å². The van der Waals surface area contributed by atoms with Gasteiger partial charge in [0.25, 0.3) is 0 Å². The minimum atomic E-state index is 0.632. The third kappa shape index (κ3) is 3.75. The lowest BCUT2D eigenvalue weighted by atomic mass is 10.2. The molecule has 2 heterocycles. The molecule has 0 unspecified atom stereocenters. The number of rotatable bonds is 5. The van der Waals surface area contributed by atoms with Crippen molar-refractivity contribution in [2.24, 2.45) is 5.10 Å². The minimum absolute atomic E-state index is 0.632. The molecule has 4 rings (SSSR count). The molecule has 1 N–H and O–H groups in total. The number of fused-ring (bicyclic) bond motifs is 1. The van der Waals surface area contributed by atoms with E-state index in [2.05, 4.69) is 20.1 Å². The van der Waals surface area contributed by atoms with Gasteiger partial charge in [0.05, 0.1) is 22.1 Å². The van der Waals surface area contributed by atoms with Gasteiger partial charge in [-0.3, -0.25) is 5.43 Å². The molecule has 4 nitrogen and oxygen atoms in total. The molecule has 0 atom stereocenters. The number of nitrogens with zero attached hydrogens (tertiary/aromatic N) is 3. The van der Waals surface area contributed by atoms with Crippen molar-refractivity contribution in [3.8, 4) is 0 Å². The number of hydrazone groups is 1. The molecule has 26 heavy (non-hydrogen) atoms.